The number of benzene rings is 2. The highest BCUT2D eigenvalue weighted by atomic mass is 35.5. The second-order valence-electron chi connectivity index (χ2n) is 7.64. The highest BCUT2D eigenvalue weighted by molar-refractivity contribution is 6.40. The fourth-order valence-corrected chi connectivity index (χ4v) is 4.65. The Balaban J connectivity index is 1.60. The molecule has 164 valence electrons. The Bertz CT molecular complexity index is 983. The number of carbonyl (C=O) groups is 1. The molecule has 4 rings (SSSR count). The maximum atomic E-state index is 13.1. The number of carbonyl (C=O) groups excluding carboxylic acids is 1. The van der Waals surface area contributed by atoms with Crippen LogP contribution in [0.5, 0.6) is 0 Å². The van der Waals surface area contributed by atoms with Crippen LogP contribution in [0.3, 0.4) is 0 Å². The van der Waals surface area contributed by atoms with Crippen molar-refractivity contribution in [3.8, 4) is 0 Å². The lowest BCUT2D eigenvalue weighted by Gasteiger charge is -2.25. The Morgan fingerprint density at radius 2 is 1.90 bits per heavy atom. The molecule has 31 heavy (non-hydrogen) atoms. The predicted octanol–water partition coefficient (Wildman–Crippen LogP) is 5.10. The second kappa shape index (κ2) is 9.76. The molecular formula is C22H23Cl3N4O2. The molecule has 1 unspecified atom stereocenters. The van der Waals surface area contributed by atoms with Crippen LogP contribution in [0.1, 0.15) is 30.9 Å². The summed E-state index contributed by atoms with van der Waals surface area (Å²) in [5.74, 6) is -0.213. The zero-order chi connectivity index (χ0) is 22.0. The minimum absolute atomic E-state index is 0.171. The summed E-state index contributed by atoms with van der Waals surface area (Å²) >= 11 is 18.6. The summed E-state index contributed by atoms with van der Waals surface area (Å²) < 4.78 is 5.28. The molecule has 2 aliphatic rings. The highest BCUT2D eigenvalue weighted by Crippen LogP contribution is 2.40. The number of hydrogen-bond acceptors (Lipinski definition) is 5. The van der Waals surface area contributed by atoms with E-state index in [9.17, 15) is 4.79 Å². The molecule has 2 atom stereocenters. The van der Waals surface area contributed by atoms with Crippen molar-refractivity contribution in [1.82, 2.24) is 10.4 Å². The van der Waals surface area contributed by atoms with Crippen molar-refractivity contribution in [2.45, 2.75) is 31.3 Å². The summed E-state index contributed by atoms with van der Waals surface area (Å²) in [6.45, 7) is 1.37. The predicted molar refractivity (Wildman–Crippen MR) is 125 cm³/mol. The number of nitrogens with one attached hydrogen (secondary N) is 1. The molecule has 1 N–H and O–H groups in total. The standard InChI is InChI=1S/C22H23Cl3N4O2/c1-31-13-17-3-2-10-28(17)27-22(30)19-12-21(14-4-6-15(23)7-5-14)29(26-19)20-9-8-16(24)11-18(20)25/h4-9,11,17,21H,2-3,10,12-13H2,1H3,(H,27,30)/t17-,21?/m1/s1. The minimum atomic E-state index is -0.213. The van der Waals surface area contributed by atoms with Crippen LogP contribution in [-0.4, -0.2) is 42.9 Å². The number of halogens is 3. The third kappa shape index (κ3) is 4.99. The fourth-order valence-electron chi connectivity index (χ4n) is 4.02. The van der Waals surface area contributed by atoms with Crippen molar-refractivity contribution in [1.29, 1.82) is 0 Å². The van der Waals surface area contributed by atoms with Crippen LogP contribution in [0, 0.1) is 0 Å². The number of hydrazine groups is 1. The van der Waals surface area contributed by atoms with Gasteiger partial charge in [0.2, 0.25) is 0 Å². The van der Waals surface area contributed by atoms with E-state index in [-0.39, 0.29) is 18.0 Å². The lowest BCUT2D eigenvalue weighted by atomic mass is 10.0. The largest absolute Gasteiger partial charge is 0.383 e. The third-order valence-corrected chi connectivity index (χ3v) is 6.35. The summed E-state index contributed by atoms with van der Waals surface area (Å²) in [6, 6.07) is 12.8. The number of rotatable bonds is 6. The molecule has 2 aromatic rings. The molecule has 1 fully saturated rings. The number of nitrogens with zero attached hydrogens (tertiary/aromatic N) is 3. The molecule has 0 radical (unpaired) electrons. The topological polar surface area (TPSA) is 57.2 Å². The van der Waals surface area contributed by atoms with E-state index < -0.39 is 0 Å². The first-order chi connectivity index (χ1) is 15.0. The molecule has 0 bridgehead atoms. The van der Waals surface area contributed by atoms with Crippen molar-refractivity contribution in [3.05, 3.63) is 63.1 Å². The van der Waals surface area contributed by atoms with Gasteiger partial charge in [-0.15, -0.1) is 0 Å². The van der Waals surface area contributed by atoms with Crippen molar-refractivity contribution >= 4 is 52.1 Å². The van der Waals surface area contributed by atoms with Crippen LogP contribution in [0.15, 0.2) is 47.6 Å². The van der Waals surface area contributed by atoms with Gasteiger partial charge < -0.3 is 4.74 Å². The first-order valence-electron chi connectivity index (χ1n) is 10.1. The average molecular weight is 482 g/mol. The van der Waals surface area contributed by atoms with Gasteiger partial charge in [0.1, 0.15) is 5.71 Å². The van der Waals surface area contributed by atoms with Crippen molar-refractivity contribution in [2.75, 3.05) is 25.3 Å². The van der Waals surface area contributed by atoms with Gasteiger partial charge in [0, 0.05) is 30.1 Å². The fraction of sp³-hybridized carbons (Fsp3) is 0.364. The zero-order valence-corrected chi connectivity index (χ0v) is 19.3. The maximum absolute atomic E-state index is 13.1. The van der Waals surface area contributed by atoms with E-state index in [1.165, 1.54) is 0 Å². The number of methoxy groups -OCH3 is 1. The van der Waals surface area contributed by atoms with Gasteiger partial charge in [-0.25, -0.2) is 5.01 Å². The van der Waals surface area contributed by atoms with E-state index in [1.807, 2.05) is 35.3 Å². The third-order valence-electron chi connectivity index (χ3n) is 5.57. The van der Waals surface area contributed by atoms with E-state index in [2.05, 4.69) is 10.5 Å². The smallest absolute Gasteiger partial charge is 0.281 e. The first kappa shape index (κ1) is 22.4. The quantitative estimate of drug-likeness (QED) is 0.624. The lowest BCUT2D eigenvalue weighted by Crippen LogP contribution is -2.48. The van der Waals surface area contributed by atoms with Crippen LogP contribution < -0.4 is 10.4 Å². The molecule has 2 heterocycles. The number of ether oxygens (including phenoxy) is 1. The highest BCUT2D eigenvalue weighted by Gasteiger charge is 2.35. The molecule has 1 saturated heterocycles. The van der Waals surface area contributed by atoms with Gasteiger partial charge >= 0.3 is 0 Å². The van der Waals surface area contributed by atoms with Crippen LogP contribution in [0.2, 0.25) is 15.1 Å². The van der Waals surface area contributed by atoms with Crippen LogP contribution >= 0.6 is 34.8 Å². The SMILES string of the molecule is COC[C@H]1CCCN1NC(=O)C1=NN(c2ccc(Cl)cc2Cl)C(c2ccc(Cl)cc2)C1. The molecule has 0 spiro atoms. The number of amides is 1. The second-order valence-corrected chi connectivity index (χ2v) is 8.92. The Morgan fingerprint density at radius 3 is 2.61 bits per heavy atom. The van der Waals surface area contributed by atoms with Crippen LogP contribution in [0.4, 0.5) is 5.69 Å². The van der Waals surface area contributed by atoms with Crippen molar-refractivity contribution in [2.24, 2.45) is 5.10 Å². The van der Waals surface area contributed by atoms with Gasteiger partial charge in [0.05, 0.1) is 29.4 Å². The van der Waals surface area contributed by atoms with Crippen molar-refractivity contribution < 1.29 is 9.53 Å². The maximum Gasteiger partial charge on any atom is 0.281 e. The normalized spacial score (nSPS) is 21.4. The average Bonchev–Trinajstić information content (AvgIpc) is 3.36. The number of anilines is 1. The molecule has 0 aliphatic carbocycles. The molecule has 0 saturated carbocycles. The zero-order valence-electron chi connectivity index (χ0n) is 17.0. The van der Waals surface area contributed by atoms with E-state index in [1.54, 1.807) is 24.3 Å². The van der Waals surface area contributed by atoms with Gasteiger partial charge in [0.15, 0.2) is 0 Å². The van der Waals surface area contributed by atoms with Gasteiger partial charge in [-0.2, -0.15) is 5.10 Å². The molecule has 9 heteroatoms. The molecule has 2 aromatic carbocycles. The van der Waals surface area contributed by atoms with E-state index in [4.69, 9.17) is 39.5 Å². The van der Waals surface area contributed by atoms with Gasteiger partial charge in [-0.05, 0) is 48.7 Å². The van der Waals surface area contributed by atoms with Crippen molar-refractivity contribution in [3.63, 3.8) is 0 Å². The number of hydrazone groups is 1. The number of hydrogen-bond donors (Lipinski definition) is 1. The Hall–Kier alpha value is -1.83. The van der Waals surface area contributed by atoms with E-state index in [0.29, 0.717) is 39.5 Å². The summed E-state index contributed by atoms with van der Waals surface area (Å²) in [5, 5.41) is 10.0. The summed E-state index contributed by atoms with van der Waals surface area (Å²) in [6.07, 6.45) is 2.44. The first-order valence-corrected chi connectivity index (χ1v) is 11.2. The van der Waals surface area contributed by atoms with Crippen LogP contribution in [0.25, 0.3) is 0 Å². The summed E-state index contributed by atoms with van der Waals surface area (Å²) in [4.78, 5) is 13.1. The molecule has 2 aliphatic heterocycles. The monoisotopic (exact) mass is 480 g/mol. The van der Waals surface area contributed by atoms with E-state index >= 15 is 0 Å². The Morgan fingerprint density at radius 1 is 1.16 bits per heavy atom. The Kier molecular flexibility index (Phi) is 7.04. The van der Waals surface area contributed by atoms with E-state index in [0.717, 1.165) is 24.9 Å². The molecular weight excluding hydrogens is 459 g/mol. The van der Waals surface area contributed by atoms with Gasteiger partial charge in [-0.3, -0.25) is 15.2 Å². The van der Waals surface area contributed by atoms with Gasteiger partial charge in [-0.1, -0.05) is 46.9 Å². The van der Waals surface area contributed by atoms with Crippen LogP contribution in [-0.2, 0) is 9.53 Å². The molecule has 0 aromatic heterocycles. The molecule has 1 amide bonds. The van der Waals surface area contributed by atoms with Gasteiger partial charge in [0.25, 0.3) is 5.91 Å². The summed E-state index contributed by atoms with van der Waals surface area (Å²) in [7, 11) is 1.67. The Labute approximate surface area is 196 Å². The lowest BCUT2D eigenvalue weighted by molar-refractivity contribution is -0.120. The minimum Gasteiger partial charge on any atom is -0.383 e. The summed E-state index contributed by atoms with van der Waals surface area (Å²) in [5.41, 5.74) is 5.13. The molecule has 6 nitrogen and oxygen atoms in total.